The lowest BCUT2D eigenvalue weighted by molar-refractivity contribution is 0.102. The molecule has 0 aliphatic carbocycles. The summed E-state index contributed by atoms with van der Waals surface area (Å²) in [5.74, 6) is 0.373. The maximum Gasteiger partial charge on any atom is 0.275 e. The largest absolute Gasteiger partial charge is 0.353 e. The average molecular weight is 366 g/mol. The van der Waals surface area contributed by atoms with E-state index < -0.39 is 5.91 Å². The maximum atomic E-state index is 12.3. The van der Waals surface area contributed by atoms with E-state index in [2.05, 4.69) is 32.1 Å². The van der Waals surface area contributed by atoms with Gasteiger partial charge in [-0.2, -0.15) is 0 Å². The Morgan fingerprint density at radius 2 is 1.75 bits per heavy atom. The van der Waals surface area contributed by atoms with Crippen LogP contribution in [-0.2, 0) is 0 Å². The lowest BCUT2D eigenvalue weighted by Gasteiger charge is -2.32. The van der Waals surface area contributed by atoms with E-state index in [1.807, 2.05) is 0 Å². The third kappa shape index (κ3) is 3.77. The number of aromatic nitrogens is 2. The van der Waals surface area contributed by atoms with Crippen molar-refractivity contribution in [3.05, 3.63) is 46.3 Å². The van der Waals surface area contributed by atoms with E-state index in [-0.39, 0.29) is 5.69 Å². The second kappa shape index (κ2) is 7.34. The molecule has 6 nitrogen and oxygen atoms in total. The Bertz CT molecular complexity index is 709. The van der Waals surface area contributed by atoms with Crippen LogP contribution in [0.1, 0.15) is 10.5 Å². The van der Waals surface area contributed by atoms with Gasteiger partial charge < -0.3 is 15.1 Å². The van der Waals surface area contributed by atoms with Gasteiger partial charge >= 0.3 is 0 Å². The quantitative estimate of drug-likeness (QED) is 0.905. The number of carbonyl (C=O) groups excluding carboxylic acids is 1. The van der Waals surface area contributed by atoms with E-state index in [0.717, 1.165) is 32.0 Å². The number of carbonyl (C=O) groups is 1. The number of para-hydroxylation sites is 1. The van der Waals surface area contributed by atoms with E-state index >= 15 is 0 Å². The van der Waals surface area contributed by atoms with E-state index in [9.17, 15) is 4.79 Å². The van der Waals surface area contributed by atoms with Gasteiger partial charge in [0.1, 0.15) is 11.5 Å². The molecule has 0 bridgehead atoms. The second-order valence-corrected chi connectivity index (χ2v) is 6.42. The van der Waals surface area contributed by atoms with Crippen LogP contribution in [-0.4, -0.2) is 54.0 Å². The molecule has 1 aromatic heterocycles. The highest BCUT2D eigenvalue weighted by atomic mass is 35.5. The fourth-order valence-electron chi connectivity index (χ4n) is 2.43. The summed E-state index contributed by atoms with van der Waals surface area (Å²) in [6.45, 7) is 3.75. The summed E-state index contributed by atoms with van der Waals surface area (Å²) in [6.07, 6.45) is 3.09. The summed E-state index contributed by atoms with van der Waals surface area (Å²) in [4.78, 5) is 25.3. The van der Waals surface area contributed by atoms with Crippen molar-refractivity contribution in [2.24, 2.45) is 0 Å². The van der Waals surface area contributed by atoms with E-state index in [0.29, 0.717) is 15.7 Å². The van der Waals surface area contributed by atoms with Crippen LogP contribution in [0.5, 0.6) is 0 Å². The number of anilines is 2. The van der Waals surface area contributed by atoms with Gasteiger partial charge in [0.15, 0.2) is 0 Å². The summed E-state index contributed by atoms with van der Waals surface area (Å²) in [5, 5.41) is 3.42. The van der Waals surface area contributed by atoms with Crippen LogP contribution in [0.4, 0.5) is 11.5 Å². The highest BCUT2D eigenvalue weighted by Gasteiger charge is 2.17. The molecule has 1 aliphatic heterocycles. The predicted molar refractivity (Wildman–Crippen MR) is 96.2 cm³/mol. The number of hydrogen-bond donors (Lipinski definition) is 1. The van der Waals surface area contributed by atoms with Gasteiger partial charge in [-0.15, -0.1) is 0 Å². The molecule has 3 rings (SSSR count). The SMILES string of the molecule is CN1CCN(c2cnc(C(=O)Nc3c(Cl)cccc3Cl)cn2)CC1. The van der Waals surface area contributed by atoms with Gasteiger partial charge in [-0.1, -0.05) is 29.3 Å². The summed E-state index contributed by atoms with van der Waals surface area (Å²) in [5.41, 5.74) is 0.583. The molecule has 24 heavy (non-hydrogen) atoms. The smallest absolute Gasteiger partial charge is 0.275 e. The highest BCUT2D eigenvalue weighted by molar-refractivity contribution is 6.39. The third-order valence-electron chi connectivity index (χ3n) is 3.90. The molecule has 126 valence electrons. The normalized spacial score (nSPS) is 15.4. The summed E-state index contributed by atoms with van der Waals surface area (Å²) < 4.78 is 0. The number of rotatable bonds is 3. The zero-order valence-corrected chi connectivity index (χ0v) is 14.7. The lowest BCUT2D eigenvalue weighted by atomic mass is 10.3. The Kier molecular flexibility index (Phi) is 5.18. The number of halogens is 2. The first-order valence-corrected chi connectivity index (χ1v) is 8.31. The molecule has 8 heteroatoms. The first-order chi connectivity index (χ1) is 11.5. The fourth-order valence-corrected chi connectivity index (χ4v) is 2.92. The van der Waals surface area contributed by atoms with E-state index in [1.165, 1.54) is 6.20 Å². The standard InChI is InChI=1S/C16H17Cl2N5O/c1-22-5-7-23(8-6-22)14-10-19-13(9-20-14)16(24)21-15-11(17)3-2-4-12(15)18/h2-4,9-10H,5-8H2,1H3,(H,21,24). The molecule has 2 aromatic rings. The van der Waals surface area contributed by atoms with Crippen LogP contribution >= 0.6 is 23.2 Å². The maximum absolute atomic E-state index is 12.3. The minimum absolute atomic E-state index is 0.212. The Labute approximate surface area is 150 Å². The van der Waals surface area contributed by atoms with E-state index in [1.54, 1.807) is 24.4 Å². The van der Waals surface area contributed by atoms with Crippen molar-refractivity contribution in [3.8, 4) is 0 Å². The molecule has 2 heterocycles. The van der Waals surface area contributed by atoms with Crippen LogP contribution in [0.2, 0.25) is 10.0 Å². The molecule has 1 aromatic carbocycles. The van der Waals surface area contributed by atoms with Crippen LogP contribution in [0.15, 0.2) is 30.6 Å². The van der Waals surface area contributed by atoms with Crippen molar-refractivity contribution in [2.75, 3.05) is 43.4 Å². The minimum Gasteiger partial charge on any atom is -0.353 e. The molecule has 1 fully saturated rings. The Morgan fingerprint density at radius 3 is 2.33 bits per heavy atom. The molecular weight excluding hydrogens is 349 g/mol. The molecule has 0 spiro atoms. The predicted octanol–water partition coefficient (Wildman–Crippen LogP) is 2.79. The summed E-state index contributed by atoms with van der Waals surface area (Å²) in [6, 6.07) is 5.03. The Morgan fingerprint density at radius 1 is 1.08 bits per heavy atom. The molecule has 0 saturated carbocycles. The number of benzene rings is 1. The van der Waals surface area contributed by atoms with Gasteiger partial charge in [-0.25, -0.2) is 9.97 Å². The molecule has 1 amide bonds. The molecule has 0 unspecified atom stereocenters. The number of nitrogens with one attached hydrogen (secondary N) is 1. The molecular formula is C16H17Cl2N5O. The monoisotopic (exact) mass is 365 g/mol. The zero-order valence-electron chi connectivity index (χ0n) is 13.2. The molecule has 0 radical (unpaired) electrons. The second-order valence-electron chi connectivity index (χ2n) is 5.60. The first-order valence-electron chi connectivity index (χ1n) is 7.55. The van der Waals surface area contributed by atoms with Crippen molar-refractivity contribution in [1.82, 2.24) is 14.9 Å². The minimum atomic E-state index is -0.401. The highest BCUT2D eigenvalue weighted by Crippen LogP contribution is 2.30. The molecule has 1 N–H and O–H groups in total. The topological polar surface area (TPSA) is 61.4 Å². The number of piperazine rings is 1. The average Bonchev–Trinajstić information content (AvgIpc) is 2.59. The van der Waals surface area contributed by atoms with Crippen LogP contribution < -0.4 is 10.2 Å². The van der Waals surface area contributed by atoms with Gasteiger partial charge in [0.2, 0.25) is 0 Å². The number of nitrogens with zero attached hydrogens (tertiary/aromatic N) is 4. The van der Waals surface area contributed by atoms with Gasteiger partial charge in [0, 0.05) is 26.2 Å². The Balaban J connectivity index is 1.70. The number of hydrogen-bond acceptors (Lipinski definition) is 5. The van der Waals surface area contributed by atoms with Gasteiger partial charge in [0.25, 0.3) is 5.91 Å². The van der Waals surface area contributed by atoms with Gasteiger partial charge in [-0.05, 0) is 19.2 Å². The van der Waals surface area contributed by atoms with Crippen LogP contribution in [0, 0.1) is 0 Å². The summed E-state index contributed by atoms with van der Waals surface area (Å²) in [7, 11) is 2.09. The van der Waals surface area contributed by atoms with Crippen LogP contribution in [0.3, 0.4) is 0 Å². The van der Waals surface area contributed by atoms with Crippen molar-refractivity contribution in [1.29, 1.82) is 0 Å². The van der Waals surface area contributed by atoms with Crippen molar-refractivity contribution in [2.45, 2.75) is 0 Å². The van der Waals surface area contributed by atoms with Crippen LogP contribution in [0.25, 0.3) is 0 Å². The molecule has 1 saturated heterocycles. The summed E-state index contributed by atoms with van der Waals surface area (Å²) >= 11 is 12.1. The zero-order chi connectivity index (χ0) is 17.1. The lowest BCUT2D eigenvalue weighted by Crippen LogP contribution is -2.44. The Hall–Kier alpha value is -1.89. The third-order valence-corrected chi connectivity index (χ3v) is 4.53. The number of likely N-dealkylation sites (N-methyl/N-ethyl adjacent to an activating group) is 1. The fraction of sp³-hybridized carbons (Fsp3) is 0.312. The van der Waals surface area contributed by atoms with Gasteiger partial charge in [0.05, 0.1) is 28.1 Å². The van der Waals surface area contributed by atoms with Crippen molar-refractivity contribution >= 4 is 40.6 Å². The van der Waals surface area contributed by atoms with Crippen molar-refractivity contribution in [3.63, 3.8) is 0 Å². The van der Waals surface area contributed by atoms with Gasteiger partial charge in [-0.3, -0.25) is 4.79 Å². The molecule has 1 aliphatic rings. The van der Waals surface area contributed by atoms with E-state index in [4.69, 9.17) is 23.2 Å². The number of amides is 1. The first kappa shape index (κ1) is 17.0. The van der Waals surface area contributed by atoms with Crippen molar-refractivity contribution < 1.29 is 4.79 Å². The molecule has 0 atom stereocenters.